The Morgan fingerprint density at radius 3 is 2.12 bits per heavy atom. The van der Waals surface area contributed by atoms with Crippen LogP contribution in [0.15, 0.2) is 24.3 Å². The molecule has 0 radical (unpaired) electrons. The number of hydrogen-bond donors (Lipinski definition) is 2. The summed E-state index contributed by atoms with van der Waals surface area (Å²) in [5, 5.41) is 25.9. The van der Waals surface area contributed by atoms with E-state index in [9.17, 15) is 9.59 Å². The van der Waals surface area contributed by atoms with Crippen molar-refractivity contribution in [3.05, 3.63) is 35.4 Å². The molecule has 0 unspecified atom stereocenters. The Morgan fingerprint density at radius 1 is 1.18 bits per heavy atom. The minimum absolute atomic E-state index is 0.0383. The zero-order chi connectivity index (χ0) is 12.8. The number of carboxylic acids is 2. The topological polar surface area (TPSA) is 98.4 Å². The molecular formula is C12H11NO4. The first-order chi connectivity index (χ1) is 8.04. The molecule has 0 aliphatic carbocycles. The Bertz CT molecular complexity index is 444. The Hall–Kier alpha value is -2.35. The van der Waals surface area contributed by atoms with E-state index in [1.807, 2.05) is 6.07 Å². The molecule has 17 heavy (non-hydrogen) atoms. The largest absolute Gasteiger partial charge is 0.481 e. The molecule has 5 nitrogen and oxygen atoms in total. The number of aliphatic carboxylic acids is 2. The highest BCUT2D eigenvalue weighted by atomic mass is 16.4. The van der Waals surface area contributed by atoms with Crippen molar-refractivity contribution in [1.29, 1.82) is 5.26 Å². The molecule has 0 aromatic heterocycles. The smallest absolute Gasteiger partial charge is 0.317 e. The maximum Gasteiger partial charge on any atom is 0.317 e. The van der Waals surface area contributed by atoms with Gasteiger partial charge in [-0.05, 0) is 30.5 Å². The van der Waals surface area contributed by atoms with Gasteiger partial charge in [-0.2, -0.15) is 5.26 Å². The molecule has 0 saturated heterocycles. The fourth-order valence-electron chi connectivity index (χ4n) is 1.41. The molecule has 0 fully saturated rings. The van der Waals surface area contributed by atoms with Gasteiger partial charge in [0, 0.05) is 0 Å². The van der Waals surface area contributed by atoms with E-state index in [0.29, 0.717) is 12.0 Å². The average molecular weight is 233 g/mol. The molecule has 0 amide bonds. The second kappa shape index (κ2) is 5.66. The third-order valence-electron chi connectivity index (χ3n) is 2.40. The van der Waals surface area contributed by atoms with Gasteiger partial charge in [0.05, 0.1) is 11.6 Å². The van der Waals surface area contributed by atoms with Crippen LogP contribution in [0.2, 0.25) is 0 Å². The highest BCUT2D eigenvalue weighted by Gasteiger charge is 2.24. The highest BCUT2D eigenvalue weighted by molar-refractivity contribution is 5.92. The van der Waals surface area contributed by atoms with Crippen molar-refractivity contribution in [1.82, 2.24) is 0 Å². The molecular weight excluding hydrogens is 222 g/mol. The lowest BCUT2D eigenvalue weighted by molar-refractivity contribution is -0.154. The van der Waals surface area contributed by atoms with Crippen LogP contribution in [-0.2, 0) is 16.0 Å². The second-order valence-corrected chi connectivity index (χ2v) is 3.58. The van der Waals surface area contributed by atoms with Crippen LogP contribution in [0.1, 0.15) is 17.5 Å². The maximum absolute atomic E-state index is 10.6. The Balaban J connectivity index is 2.63. The molecule has 0 spiro atoms. The molecule has 1 aromatic carbocycles. The molecule has 88 valence electrons. The minimum Gasteiger partial charge on any atom is -0.481 e. The van der Waals surface area contributed by atoms with Gasteiger partial charge in [0.15, 0.2) is 5.92 Å². The summed E-state index contributed by atoms with van der Waals surface area (Å²) in [5.41, 5.74) is 1.33. The van der Waals surface area contributed by atoms with E-state index in [2.05, 4.69) is 0 Å². The lowest BCUT2D eigenvalue weighted by atomic mass is 9.99. The van der Waals surface area contributed by atoms with E-state index in [-0.39, 0.29) is 6.42 Å². The summed E-state index contributed by atoms with van der Waals surface area (Å²) in [6.45, 7) is 0. The van der Waals surface area contributed by atoms with Gasteiger partial charge in [0.1, 0.15) is 0 Å². The third kappa shape index (κ3) is 3.61. The molecule has 0 bridgehead atoms. The van der Waals surface area contributed by atoms with Crippen LogP contribution >= 0.6 is 0 Å². The molecule has 0 aliphatic rings. The van der Waals surface area contributed by atoms with E-state index >= 15 is 0 Å². The van der Waals surface area contributed by atoms with E-state index in [1.54, 1.807) is 24.3 Å². The van der Waals surface area contributed by atoms with Crippen molar-refractivity contribution in [3.63, 3.8) is 0 Å². The molecule has 0 saturated carbocycles. The summed E-state index contributed by atoms with van der Waals surface area (Å²) in [6.07, 6.45) is 0.394. The van der Waals surface area contributed by atoms with Gasteiger partial charge < -0.3 is 10.2 Å². The third-order valence-corrected chi connectivity index (χ3v) is 2.40. The molecule has 2 N–H and O–H groups in total. The van der Waals surface area contributed by atoms with Gasteiger partial charge in [0.25, 0.3) is 0 Å². The summed E-state index contributed by atoms with van der Waals surface area (Å²) in [4.78, 5) is 21.3. The second-order valence-electron chi connectivity index (χ2n) is 3.58. The van der Waals surface area contributed by atoms with Crippen molar-refractivity contribution in [2.75, 3.05) is 0 Å². The number of carbonyl (C=O) groups is 2. The molecule has 0 heterocycles. The normalized spacial score (nSPS) is 9.88. The van der Waals surface area contributed by atoms with Crippen LogP contribution in [0.4, 0.5) is 0 Å². The number of nitrogens with zero attached hydrogens (tertiary/aromatic N) is 1. The summed E-state index contributed by atoms with van der Waals surface area (Å²) in [7, 11) is 0. The first-order valence-corrected chi connectivity index (χ1v) is 4.99. The van der Waals surface area contributed by atoms with Crippen LogP contribution in [0, 0.1) is 17.2 Å². The van der Waals surface area contributed by atoms with Crippen LogP contribution in [-0.4, -0.2) is 22.2 Å². The SMILES string of the molecule is N#Cc1ccc(CCC(C(=O)O)C(=O)O)cc1. The van der Waals surface area contributed by atoms with Crippen molar-refractivity contribution in [2.24, 2.45) is 5.92 Å². The fourth-order valence-corrected chi connectivity index (χ4v) is 1.41. The lowest BCUT2D eigenvalue weighted by Crippen LogP contribution is -2.23. The lowest BCUT2D eigenvalue weighted by Gasteiger charge is -2.06. The van der Waals surface area contributed by atoms with Gasteiger partial charge in [-0.15, -0.1) is 0 Å². The van der Waals surface area contributed by atoms with Gasteiger partial charge in [-0.1, -0.05) is 12.1 Å². The maximum atomic E-state index is 10.6. The van der Waals surface area contributed by atoms with Crippen molar-refractivity contribution in [2.45, 2.75) is 12.8 Å². The van der Waals surface area contributed by atoms with Gasteiger partial charge in [-0.25, -0.2) is 0 Å². The molecule has 0 atom stereocenters. The van der Waals surface area contributed by atoms with E-state index in [1.165, 1.54) is 0 Å². The monoisotopic (exact) mass is 233 g/mol. The minimum atomic E-state index is -1.38. The Morgan fingerprint density at radius 2 is 1.71 bits per heavy atom. The van der Waals surface area contributed by atoms with Crippen molar-refractivity contribution >= 4 is 11.9 Å². The van der Waals surface area contributed by atoms with Gasteiger partial charge >= 0.3 is 11.9 Å². The van der Waals surface area contributed by atoms with Crippen LogP contribution in [0.25, 0.3) is 0 Å². The number of carboxylic acid groups (broad SMARTS) is 2. The predicted molar refractivity (Wildman–Crippen MR) is 58.2 cm³/mol. The summed E-state index contributed by atoms with van der Waals surface area (Å²) >= 11 is 0. The van der Waals surface area contributed by atoms with Crippen LogP contribution < -0.4 is 0 Å². The first-order valence-electron chi connectivity index (χ1n) is 4.99. The van der Waals surface area contributed by atoms with E-state index in [4.69, 9.17) is 15.5 Å². The summed E-state index contributed by atoms with van der Waals surface area (Å²) < 4.78 is 0. The highest BCUT2D eigenvalue weighted by Crippen LogP contribution is 2.11. The number of aryl methyl sites for hydroxylation is 1. The van der Waals surface area contributed by atoms with Crippen LogP contribution in [0.5, 0.6) is 0 Å². The van der Waals surface area contributed by atoms with Crippen molar-refractivity contribution < 1.29 is 19.8 Å². The molecule has 1 aromatic rings. The van der Waals surface area contributed by atoms with E-state index < -0.39 is 17.9 Å². The number of rotatable bonds is 5. The summed E-state index contributed by atoms with van der Waals surface area (Å²) in [6, 6.07) is 8.59. The van der Waals surface area contributed by atoms with Crippen molar-refractivity contribution in [3.8, 4) is 6.07 Å². The predicted octanol–water partition coefficient (Wildman–Crippen LogP) is 1.28. The zero-order valence-corrected chi connectivity index (χ0v) is 8.96. The summed E-state index contributed by atoms with van der Waals surface area (Å²) in [5.74, 6) is -4.04. The Labute approximate surface area is 97.9 Å². The number of hydrogen-bond acceptors (Lipinski definition) is 3. The van der Waals surface area contributed by atoms with Crippen LogP contribution in [0.3, 0.4) is 0 Å². The fraction of sp³-hybridized carbons (Fsp3) is 0.250. The molecule has 5 heteroatoms. The first kappa shape index (κ1) is 12.7. The quantitative estimate of drug-likeness (QED) is 0.746. The van der Waals surface area contributed by atoms with E-state index in [0.717, 1.165) is 5.56 Å². The average Bonchev–Trinajstić information content (AvgIpc) is 2.29. The molecule has 1 rings (SSSR count). The number of nitriles is 1. The van der Waals surface area contributed by atoms with Gasteiger partial charge in [0.2, 0.25) is 0 Å². The van der Waals surface area contributed by atoms with Gasteiger partial charge in [-0.3, -0.25) is 9.59 Å². The molecule has 0 aliphatic heterocycles. The number of benzene rings is 1. The zero-order valence-electron chi connectivity index (χ0n) is 8.96. The standard InChI is InChI=1S/C12H11NO4/c13-7-9-3-1-8(2-4-9)5-6-10(11(14)15)12(16)17/h1-4,10H,5-6H2,(H,14,15)(H,16,17). The Kier molecular flexibility index (Phi) is 4.23.